The maximum absolute atomic E-state index is 12.3. The van der Waals surface area contributed by atoms with Gasteiger partial charge < -0.3 is 15.1 Å². The number of likely N-dealkylation sites (tertiary alicyclic amines) is 1. The van der Waals surface area contributed by atoms with Gasteiger partial charge in [0.2, 0.25) is 5.91 Å². The highest BCUT2D eigenvalue weighted by Gasteiger charge is 2.23. The van der Waals surface area contributed by atoms with Crippen molar-refractivity contribution < 1.29 is 4.79 Å². The number of piperidine rings is 1. The van der Waals surface area contributed by atoms with Gasteiger partial charge in [0.25, 0.3) is 0 Å². The smallest absolute Gasteiger partial charge is 0.224 e. The molecular formula is C17H33IN4OS. The van der Waals surface area contributed by atoms with Gasteiger partial charge in [0.05, 0.1) is 0 Å². The van der Waals surface area contributed by atoms with Gasteiger partial charge in [-0.1, -0.05) is 13.8 Å². The van der Waals surface area contributed by atoms with Crippen LogP contribution in [-0.2, 0) is 4.79 Å². The molecule has 2 unspecified atom stereocenters. The number of halogens is 1. The molecule has 0 aliphatic carbocycles. The molecule has 2 heterocycles. The number of nitrogens with zero attached hydrogens (tertiary/aromatic N) is 3. The second-order valence-electron chi connectivity index (χ2n) is 6.66. The van der Waals surface area contributed by atoms with E-state index in [4.69, 9.17) is 0 Å². The number of carbonyl (C=O) groups excluding carboxylic acids is 1. The molecule has 0 radical (unpaired) electrons. The molecule has 2 saturated heterocycles. The van der Waals surface area contributed by atoms with Crippen LogP contribution in [0.2, 0.25) is 0 Å². The minimum Gasteiger partial charge on any atom is -0.356 e. The van der Waals surface area contributed by atoms with Gasteiger partial charge in [-0.25, -0.2) is 0 Å². The molecule has 1 amide bonds. The Kier molecular flexibility index (Phi) is 10.4. The topological polar surface area (TPSA) is 47.9 Å². The molecule has 7 heteroatoms. The fourth-order valence-corrected chi connectivity index (χ4v) is 4.53. The summed E-state index contributed by atoms with van der Waals surface area (Å²) >= 11 is 2.06. The molecule has 2 atom stereocenters. The van der Waals surface area contributed by atoms with E-state index in [1.165, 1.54) is 12.8 Å². The van der Waals surface area contributed by atoms with Gasteiger partial charge in [-0.3, -0.25) is 9.79 Å². The predicted octanol–water partition coefficient (Wildman–Crippen LogP) is 2.66. The van der Waals surface area contributed by atoms with E-state index in [9.17, 15) is 4.79 Å². The summed E-state index contributed by atoms with van der Waals surface area (Å²) in [5.74, 6) is 3.03. The van der Waals surface area contributed by atoms with Gasteiger partial charge in [-0.05, 0) is 25.2 Å². The van der Waals surface area contributed by atoms with Gasteiger partial charge in [-0.15, -0.1) is 24.0 Å². The Morgan fingerprint density at radius 3 is 2.75 bits per heavy atom. The SMILES string of the molecule is CCC1CN(C(=NC)NCCC(=O)N2CCCC(C)C2)CCS1.I. The van der Waals surface area contributed by atoms with Crippen molar-refractivity contribution >= 4 is 47.6 Å². The van der Waals surface area contributed by atoms with Crippen LogP contribution in [-0.4, -0.2) is 72.4 Å². The number of hydrogen-bond acceptors (Lipinski definition) is 3. The molecule has 0 aromatic rings. The Balaban J connectivity index is 0.00000288. The van der Waals surface area contributed by atoms with E-state index >= 15 is 0 Å². The first kappa shape index (κ1) is 21.9. The quantitative estimate of drug-likeness (QED) is 0.392. The fraction of sp³-hybridized carbons (Fsp3) is 0.882. The zero-order valence-corrected chi connectivity index (χ0v) is 18.4. The van der Waals surface area contributed by atoms with Gasteiger partial charge >= 0.3 is 0 Å². The summed E-state index contributed by atoms with van der Waals surface area (Å²) in [5, 5.41) is 4.08. The summed E-state index contributed by atoms with van der Waals surface area (Å²) in [5.41, 5.74) is 0. The Hall–Kier alpha value is -0.180. The van der Waals surface area contributed by atoms with E-state index in [0.717, 1.165) is 44.3 Å². The molecule has 2 aliphatic rings. The van der Waals surface area contributed by atoms with E-state index < -0.39 is 0 Å². The van der Waals surface area contributed by atoms with Crippen molar-refractivity contribution in [1.29, 1.82) is 0 Å². The summed E-state index contributed by atoms with van der Waals surface area (Å²) < 4.78 is 0. The highest BCUT2D eigenvalue weighted by atomic mass is 127. The molecule has 2 fully saturated rings. The lowest BCUT2D eigenvalue weighted by molar-refractivity contribution is -0.132. The molecule has 2 rings (SSSR count). The first-order chi connectivity index (χ1) is 11.1. The Morgan fingerprint density at radius 1 is 1.29 bits per heavy atom. The van der Waals surface area contributed by atoms with E-state index in [1.807, 2.05) is 11.9 Å². The van der Waals surface area contributed by atoms with Crippen LogP contribution in [0.3, 0.4) is 0 Å². The van der Waals surface area contributed by atoms with Gasteiger partial charge in [0.1, 0.15) is 0 Å². The third kappa shape index (κ3) is 6.61. The summed E-state index contributed by atoms with van der Waals surface area (Å²) in [6.07, 6.45) is 4.15. The van der Waals surface area contributed by atoms with Crippen LogP contribution < -0.4 is 5.32 Å². The first-order valence-electron chi connectivity index (χ1n) is 8.99. The van der Waals surface area contributed by atoms with Crippen LogP contribution in [0.25, 0.3) is 0 Å². The number of nitrogens with one attached hydrogen (secondary N) is 1. The molecule has 0 spiro atoms. The fourth-order valence-electron chi connectivity index (χ4n) is 3.35. The number of hydrogen-bond donors (Lipinski definition) is 1. The summed E-state index contributed by atoms with van der Waals surface area (Å²) in [6.45, 7) is 9.11. The molecule has 2 aliphatic heterocycles. The molecular weight excluding hydrogens is 435 g/mol. The summed E-state index contributed by atoms with van der Waals surface area (Å²) in [6, 6.07) is 0. The number of aliphatic imine (C=N–C) groups is 1. The summed E-state index contributed by atoms with van der Waals surface area (Å²) in [4.78, 5) is 21.1. The van der Waals surface area contributed by atoms with Crippen molar-refractivity contribution in [1.82, 2.24) is 15.1 Å². The van der Waals surface area contributed by atoms with E-state index in [1.54, 1.807) is 0 Å². The zero-order chi connectivity index (χ0) is 16.7. The minimum absolute atomic E-state index is 0. The molecule has 140 valence electrons. The number of amides is 1. The van der Waals surface area contributed by atoms with Gasteiger partial charge in [-0.2, -0.15) is 11.8 Å². The average Bonchev–Trinajstić information content (AvgIpc) is 2.58. The van der Waals surface area contributed by atoms with Crippen LogP contribution in [0.5, 0.6) is 0 Å². The van der Waals surface area contributed by atoms with E-state index in [2.05, 4.69) is 40.8 Å². The molecule has 0 aromatic carbocycles. The van der Waals surface area contributed by atoms with Crippen molar-refractivity contribution in [3.05, 3.63) is 0 Å². The normalized spacial score (nSPS) is 25.2. The van der Waals surface area contributed by atoms with Crippen molar-refractivity contribution in [3.63, 3.8) is 0 Å². The summed E-state index contributed by atoms with van der Waals surface area (Å²) in [7, 11) is 1.83. The maximum atomic E-state index is 12.3. The van der Waals surface area contributed by atoms with Gasteiger partial charge in [0, 0.05) is 57.2 Å². The van der Waals surface area contributed by atoms with E-state index in [0.29, 0.717) is 24.1 Å². The minimum atomic E-state index is 0. The zero-order valence-electron chi connectivity index (χ0n) is 15.3. The van der Waals surface area contributed by atoms with Crippen molar-refractivity contribution in [2.24, 2.45) is 10.9 Å². The lowest BCUT2D eigenvalue weighted by Gasteiger charge is -2.34. The number of guanidine groups is 1. The van der Waals surface area contributed by atoms with Gasteiger partial charge in [0.15, 0.2) is 5.96 Å². The molecule has 1 N–H and O–H groups in total. The third-order valence-electron chi connectivity index (χ3n) is 4.74. The van der Waals surface area contributed by atoms with Crippen molar-refractivity contribution in [3.8, 4) is 0 Å². The predicted molar refractivity (Wildman–Crippen MR) is 114 cm³/mol. The molecule has 0 aromatic heterocycles. The first-order valence-corrected chi connectivity index (χ1v) is 10.0. The second-order valence-corrected chi connectivity index (χ2v) is 8.07. The number of rotatable bonds is 4. The molecule has 24 heavy (non-hydrogen) atoms. The lowest BCUT2D eigenvalue weighted by atomic mass is 10.00. The van der Waals surface area contributed by atoms with Crippen LogP contribution >= 0.6 is 35.7 Å². The third-order valence-corrected chi connectivity index (χ3v) is 6.11. The van der Waals surface area contributed by atoms with Crippen LogP contribution in [0.15, 0.2) is 4.99 Å². The van der Waals surface area contributed by atoms with Crippen molar-refractivity contribution in [2.75, 3.05) is 45.5 Å². The Bertz CT molecular complexity index is 421. The van der Waals surface area contributed by atoms with Crippen LogP contribution in [0, 0.1) is 5.92 Å². The largest absolute Gasteiger partial charge is 0.356 e. The highest BCUT2D eigenvalue weighted by Crippen LogP contribution is 2.21. The standard InChI is InChI=1S/C17H32N4OS.HI/c1-4-15-13-21(10-11-23-15)17(18-3)19-8-7-16(22)20-9-5-6-14(2)12-20;/h14-15H,4-13H2,1-3H3,(H,18,19);1H. The molecule has 5 nitrogen and oxygen atoms in total. The van der Waals surface area contributed by atoms with E-state index in [-0.39, 0.29) is 29.9 Å². The Morgan fingerprint density at radius 2 is 2.08 bits per heavy atom. The molecule has 0 saturated carbocycles. The highest BCUT2D eigenvalue weighted by molar-refractivity contribution is 14.0. The van der Waals surface area contributed by atoms with Crippen LogP contribution in [0.4, 0.5) is 0 Å². The second kappa shape index (κ2) is 11.4. The van der Waals surface area contributed by atoms with Crippen molar-refractivity contribution in [2.45, 2.75) is 44.8 Å². The molecule has 0 bridgehead atoms. The van der Waals surface area contributed by atoms with Crippen LogP contribution in [0.1, 0.15) is 39.5 Å². The number of thioether (sulfide) groups is 1. The maximum Gasteiger partial charge on any atom is 0.224 e. The lowest BCUT2D eigenvalue weighted by Crippen LogP contribution is -2.48. The monoisotopic (exact) mass is 468 g/mol. The average molecular weight is 468 g/mol. The number of carbonyl (C=O) groups is 1. The Labute approximate surface area is 168 Å².